The van der Waals surface area contributed by atoms with Crippen LogP contribution in [0.1, 0.15) is 20.8 Å². The van der Waals surface area contributed by atoms with Gasteiger partial charge in [-0.25, -0.2) is 4.39 Å². The first-order valence-corrected chi connectivity index (χ1v) is 6.18. The van der Waals surface area contributed by atoms with Crippen LogP contribution in [0.2, 0.25) is 0 Å². The number of rotatable bonds is 6. The summed E-state index contributed by atoms with van der Waals surface area (Å²) in [6, 6.07) is 5.42. The van der Waals surface area contributed by atoms with Crippen LogP contribution < -0.4 is 10.1 Å². The minimum absolute atomic E-state index is 0.0332. The fourth-order valence-corrected chi connectivity index (χ4v) is 1.21. The largest absolute Gasteiger partial charge is 0.484 e. The standard InChI is InChI=1S/C14H20FNO3/c1-10(2)14(3,18)9-16-13(17)8-19-12-6-4-11(15)5-7-12/h4-7,10,18H,8-9H2,1-3H3,(H,16,17). The van der Waals surface area contributed by atoms with E-state index < -0.39 is 5.60 Å². The van der Waals surface area contributed by atoms with Crippen LogP contribution in [0.5, 0.6) is 5.75 Å². The van der Waals surface area contributed by atoms with Gasteiger partial charge in [-0.05, 0) is 37.1 Å². The highest BCUT2D eigenvalue weighted by Crippen LogP contribution is 2.14. The molecule has 1 amide bonds. The molecule has 0 fully saturated rings. The van der Waals surface area contributed by atoms with Crippen molar-refractivity contribution < 1.29 is 19.0 Å². The summed E-state index contributed by atoms with van der Waals surface area (Å²) in [7, 11) is 0. The third-order valence-electron chi connectivity index (χ3n) is 3.07. The van der Waals surface area contributed by atoms with Crippen LogP contribution in [0.15, 0.2) is 24.3 Å². The average Bonchev–Trinajstić information content (AvgIpc) is 2.35. The number of ether oxygens (including phenoxy) is 1. The quantitative estimate of drug-likeness (QED) is 0.827. The van der Waals surface area contributed by atoms with Crippen LogP contribution in [-0.4, -0.2) is 29.8 Å². The summed E-state index contributed by atoms with van der Waals surface area (Å²) in [5, 5.41) is 12.6. The number of amides is 1. The van der Waals surface area contributed by atoms with Gasteiger partial charge in [0.2, 0.25) is 0 Å². The summed E-state index contributed by atoms with van der Waals surface area (Å²) in [6.07, 6.45) is 0. The van der Waals surface area contributed by atoms with Gasteiger partial charge in [0.25, 0.3) is 5.91 Å². The Hall–Kier alpha value is -1.62. The SMILES string of the molecule is CC(C)C(C)(O)CNC(=O)COc1ccc(F)cc1. The van der Waals surface area contributed by atoms with Crippen molar-refractivity contribution in [2.24, 2.45) is 5.92 Å². The molecule has 0 aromatic heterocycles. The van der Waals surface area contributed by atoms with E-state index in [0.29, 0.717) is 5.75 Å². The fourth-order valence-electron chi connectivity index (χ4n) is 1.21. The summed E-state index contributed by atoms with van der Waals surface area (Å²) in [5.41, 5.74) is -0.953. The Morgan fingerprint density at radius 3 is 2.53 bits per heavy atom. The molecule has 1 aromatic rings. The Kier molecular flexibility index (Phi) is 5.30. The molecule has 0 radical (unpaired) electrons. The maximum Gasteiger partial charge on any atom is 0.258 e. The third kappa shape index (κ3) is 5.26. The van der Waals surface area contributed by atoms with Gasteiger partial charge in [0, 0.05) is 6.54 Å². The van der Waals surface area contributed by atoms with Crippen molar-refractivity contribution in [3.63, 3.8) is 0 Å². The Bertz CT molecular complexity index is 415. The lowest BCUT2D eigenvalue weighted by atomic mass is 9.93. The first-order valence-electron chi connectivity index (χ1n) is 6.18. The van der Waals surface area contributed by atoms with Gasteiger partial charge < -0.3 is 15.2 Å². The molecule has 5 heteroatoms. The second-order valence-electron chi connectivity index (χ2n) is 5.03. The van der Waals surface area contributed by atoms with Crippen LogP contribution in [0.25, 0.3) is 0 Å². The van der Waals surface area contributed by atoms with Crippen molar-refractivity contribution in [3.05, 3.63) is 30.1 Å². The molecule has 0 heterocycles. The van der Waals surface area contributed by atoms with Gasteiger partial charge >= 0.3 is 0 Å². The molecule has 106 valence electrons. The molecule has 19 heavy (non-hydrogen) atoms. The minimum atomic E-state index is -0.953. The topological polar surface area (TPSA) is 58.6 Å². The maximum atomic E-state index is 12.7. The number of halogens is 1. The number of aliphatic hydroxyl groups is 1. The van der Waals surface area contributed by atoms with Gasteiger partial charge in [0.1, 0.15) is 11.6 Å². The summed E-state index contributed by atoms with van der Waals surface area (Å²) >= 11 is 0. The number of carbonyl (C=O) groups is 1. The second kappa shape index (κ2) is 6.52. The molecule has 0 bridgehead atoms. The summed E-state index contributed by atoms with van der Waals surface area (Å²) in [4.78, 5) is 11.5. The van der Waals surface area contributed by atoms with Crippen molar-refractivity contribution in [2.45, 2.75) is 26.4 Å². The minimum Gasteiger partial charge on any atom is -0.484 e. The zero-order chi connectivity index (χ0) is 14.5. The molecule has 0 aliphatic carbocycles. The zero-order valence-corrected chi connectivity index (χ0v) is 11.4. The number of hydrogen-bond acceptors (Lipinski definition) is 3. The van der Waals surface area contributed by atoms with Crippen molar-refractivity contribution in [2.75, 3.05) is 13.2 Å². The molecule has 4 nitrogen and oxygen atoms in total. The Morgan fingerprint density at radius 1 is 1.42 bits per heavy atom. The van der Waals surface area contributed by atoms with Gasteiger partial charge in [-0.3, -0.25) is 4.79 Å². The fraction of sp³-hybridized carbons (Fsp3) is 0.500. The Labute approximate surface area is 112 Å². The summed E-state index contributed by atoms with van der Waals surface area (Å²) in [6.45, 7) is 5.41. The van der Waals surface area contributed by atoms with Gasteiger partial charge in [-0.1, -0.05) is 13.8 Å². The number of hydrogen-bond donors (Lipinski definition) is 2. The smallest absolute Gasteiger partial charge is 0.258 e. The van der Waals surface area contributed by atoms with E-state index in [1.807, 2.05) is 13.8 Å². The van der Waals surface area contributed by atoms with Crippen molar-refractivity contribution in [1.82, 2.24) is 5.32 Å². The highest BCUT2D eigenvalue weighted by molar-refractivity contribution is 5.77. The van der Waals surface area contributed by atoms with Crippen LogP contribution >= 0.6 is 0 Å². The van der Waals surface area contributed by atoms with Crippen molar-refractivity contribution in [3.8, 4) is 5.75 Å². The molecular formula is C14H20FNO3. The number of nitrogens with one attached hydrogen (secondary N) is 1. The molecule has 0 aliphatic heterocycles. The molecule has 0 spiro atoms. The molecular weight excluding hydrogens is 249 g/mol. The van der Waals surface area contributed by atoms with E-state index in [4.69, 9.17) is 4.74 Å². The number of benzene rings is 1. The van der Waals surface area contributed by atoms with Crippen LogP contribution in [0.4, 0.5) is 4.39 Å². The highest BCUT2D eigenvalue weighted by Gasteiger charge is 2.25. The normalized spacial score (nSPS) is 14.0. The third-order valence-corrected chi connectivity index (χ3v) is 3.07. The van der Waals surface area contributed by atoms with E-state index in [1.54, 1.807) is 6.92 Å². The predicted molar refractivity (Wildman–Crippen MR) is 70.4 cm³/mol. The van der Waals surface area contributed by atoms with E-state index in [9.17, 15) is 14.3 Å². The Balaban J connectivity index is 2.34. The van der Waals surface area contributed by atoms with Gasteiger partial charge in [-0.2, -0.15) is 0 Å². The van der Waals surface area contributed by atoms with Gasteiger partial charge in [0.05, 0.1) is 5.60 Å². The molecule has 1 unspecified atom stereocenters. The van der Waals surface area contributed by atoms with E-state index in [0.717, 1.165) is 0 Å². The van der Waals surface area contributed by atoms with E-state index in [2.05, 4.69) is 5.32 Å². The van der Waals surface area contributed by atoms with E-state index >= 15 is 0 Å². The van der Waals surface area contributed by atoms with E-state index in [1.165, 1.54) is 24.3 Å². The molecule has 1 atom stereocenters. The summed E-state index contributed by atoms with van der Waals surface area (Å²) in [5.74, 6) is -0.229. The van der Waals surface area contributed by atoms with E-state index in [-0.39, 0.29) is 30.8 Å². The van der Waals surface area contributed by atoms with Crippen LogP contribution in [-0.2, 0) is 4.79 Å². The number of carbonyl (C=O) groups excluding carboxylic acids is 1. The summed E-state index contributed by atoms with van der Waals surface area (Å²) < 4.78 is 17.8. The zero-order valence-electron chi connectivity index (χ0n) is 11.4. The maximum absolute atomic E-state index is 12.7. The predicted octanol–water partition coefficient (Wildman–Crippen LogP) is 1.73. The van der Waals surface area contributed by atoms with Crippen LogP contribution in [0.3, 0.4) is 0 Å². The van der Waals surface area contributed by atoms with Crippen LogP contribution in [0, 0.1) is 11.7 Å². The molecule has 0 saturated carbocycles. The lowest BCUT2D eigenvalue weighted by Gasteiger charge is -2.27. The molecule has 0 aliphatic rings. The second-order valence-corrected chi connectivity index (χ2v) is 5.03. The molecule has 0 saturated heterocycles. The van der Waals surface area contributed by atoms with Gasteiger partial charge in [-0.15, -0.1) is 0 Å². The monoisotopic (exact) mass is 269 g/mol. The lowest BCUT2D eigenvalue weighted by molar-refractivity contribution is -0.124. The first kappa shape index (κ1) is 15.4. The molecule has 1 aromatic carbocycles. The molecule has 1 rings (SSSR count). The van der Waals surface area contributed by atoms with Crippen molar-refractivity contribution >= 4 is 5.91 Å². The van der Waals surface area contributed by atoms with Crippen molar-refractivity contribution in [1.29, 1.82) is 0 Å². The molecule has 2 N–H and O–H groups in total. The lowest BCUT2D eigenvalue weighted by Crippen LogP contribution is -2.45. The highest BCUT2D eigenvalue weighted by atomic mass is 19.1. The Morgan fingerprint density at radius 2 is 2.00 bits per heavy atom. The average molecular weight is 269 g/mol. The van der Waals surface area contributed by atoms with Gasteiger partial charge in [0.15, 0.2) is 6.61 Å². The first-order chi connectivity index (χ1) is 8.81.